The molecule has 0 aliphatic carbocycles. The quantitative estimate of drug-likeness (QED) is 0.710. The molecule has 15 heavy (non-hydrogen) atoms. The third-order valence-electron chi connectivity index (χ3n) is 2.66. The summed E-state index contributed by atoms with van der Waals surface area (Å²) in [7, 11) is 0. The zero-order valence-electron chi connectivity index (χ0n) is 9.70. The first kappa shape index (κ1) is 12.1. The van der Waals surface area contributed by atoms with Crippen molar-refractivity contribution >= 4 is 0 Å². The number of hydrogen-bond acceptors (Lipinski definition) is 3. The fourth-order valence-corrected chi connectivity index (χ4v) is 1.64. The van der Waals surface area contributed by atoms with Gasteiger partial charge in [0.25, 0.3) is 0 Å². The van der Waals surface area contributed by atoms with E-state index in [4.69, 9.17) is 10.00 Å². The van der Waals surface area contributed by atoms with E-state index in [1.165, 1.54) is 5.57 Å². The van der Waals surface area contributed by atoms with Crippen LogP contribution in [0.15, 0.2) is 11.8 Å². The summed E-state index contributed by atoms with van der Waals surface area (Å²) in [5.74, 6) is 0.529. The van der Waals surface area contributed by atoms with Crippen LogP contribution < -0.4 is 0 Å². The minimum Gasteiger partial charge on any atom is -0.378 e. The molecule has 0 radical (unpaired) electrons. The topological polar surface area (TPSA) is 36.3 Å². The lowest BCUT2D eigenvalue weighted by molar-refractivity contribution is 0.0587. The molecule has 1 aliphatic rings. The van der Waals surface area contributed by atoms with Gasteiger partial charge in [-0.1, -0.05) is 19.4 Å². The predicted molar refractivity (Wildman–Crippen MR) is 60.2 cm³/mol. The van der Waals surface area contributed by atoms with Gasteiger partial charge in [0.2, 0.25) is 0 Å². The summed E-state index contributed by atoms with van der Waals surface area (Å²) < 4.78 is 5.30. The van der Waals surface area contributed by atoms with Gasteiger partial charge in [-0.05, 0) is 18.5 Å². The molecule has 0 spiro atoms. The molecule has 0 amide bonds. The lowest BCUT2D eigenvalue weighted by atomic mass is 9.99. The van der Waals surface area contributed by atoms with E-state index >= 15 is 0 Å². The van der Waals surface area contributed by atoms with Gasteiger partial charge in [-0.3, -0.25) is 0 Å². The minimum atomic E-state index is 0.529. The van der Waals surface area contributed by atoms with E-state index in [0.717, 1.165) is 32.7 Å². The largest absolute Gasteiger partial charge is 0.378 e. The Hall–Kier alpha value is -1.01. The highest BCUT2D eigenvalue weighted by molar-refractivity contribution is 5.06. The van der Waals surface area contributed by atoms with Crippen LogP contribution in [-0.4, -0.2) is 31.2 Å². The highest BCUT2D eigenvalue weighted by Gasteiger charge is 2.09. The van der Waals surface area contributed by atoms with Crippen molar-refractivity contribution in [3.8, 4) is 6.07 Å². The highest BCUT2D eigenvalue weighted by Crippen LogP contribution is 2.17. The van der Waals surface area contributed by atoms with E-state index in [0.29, 0.717) is 12.3 Å². The highest BCUT2D eigenvalue weighted by atomic mass is 16.5. The fourth-order valence-electron chi connectivity index (χ4n) is 1.64. The van der Waals surface area contributed by atoms with Crippen molar-refractivity contribution in [2.24, 2.45) is 5.92 Å². The maximum absolute atomic E-state index is 8.59. The Morgan fingerprint density at radius 1 is 1.47 bits per heavy atom. The van der Waals surface area contributed by atoms with Crippen molar-refractivity contribution in [3.05, 3.63) is 11.8 Å². The molecular weight excluding hydrogens is 188 g/mol. The molecule has 0 aromatic rings. The lowest BCUT2D eigenvalue weighted by Gasteiger charge is -2.27. The van der Waals surface area contributed by atoms with Gasteiger partial charge in [0.05, 0.1) is 19.3 Å². The van der Waals surface area contributed by atoms with Gasteiger partial charge in [-0.25, -0.2) is 0 Å². The molecular formula is C12H20N2O. The second-order valence-electron chi connectivity index (χ2n) is 4.17. The summed E-state index contributed by atoms with van der Waals surface area (Å²) in [5, 5.41) is 8.59. The van der Waals surface area contributed by atoms with Crippen molar-refractivity contribution in [1.82, 2.24) is 4.90 Å². The molecule has 0 atom stereocenters. The number of ether oxygens (including phenoxy) is 1. The van der Waals surface area contributed by atoms with E-state index in [1.54, 1.807) is 0 Å². The normalized spacial score (nSPS) is 18.0. The number of allylic oxidation sites excluding steroid dienone is 1. The number of hydrogen-bond donors (Lipinski definition) is 0. The standard InChI is InChI=1S/C12H20N2O/c1-11(2)12(4-3-5-13)10-14-6-8-15-9-7-14/h10-11H,3-4,6-9H2,1-2H3/b12-10-. The molecule has 0 aromatic carbocycles. The molecule has 1 heterocycles. The van der Waals surface area contributed by atoms with Gasteiger partial charge in [0.1, 0.15) is 0 Å². The first-order chi connectivity index (χ1) is 7.24. The molecule has 0 N–H and O–H groups in total. The van der Waals surface area contributed by atoms with Crippen LogP contribution in [0.1, 0.15) is 26.7 Å². The van der Waals surface area contributed by atoms with Crippen LogP contribution in [0.5, 0.6) is 0 Å². The smallest absolute Gasteiger partial charge is 0.0642 e. The molecule has 1 saturated heterocycles. The summed E-state index contributed by atoms with van der Waals surface area (Å²) in [6.07, 6.45) is 3.74. The third kappa shape index (κ3) is 4.35. The summed E-state index contributed by atoms with van der Waals surface area (Å²) in [6, 6.07) is 2.21. The van der Waals surface area contributed by atoms with Gasteiger partial charge in [0.15, 0.2) is 0 Å². The predicted octanol–water partition coefficient (Wildman–Crippen LogP) is 2.16. The summed E-state index contributed by atoms with van der Waals surface area (Å²) in [5.41, 5.74) is 1.37. The van der Waals surface area contributed by atoms with Crippen molar-refractivity contribution in [2.75, 3.05) is 26.3 Å². The van der Waals surface area contributed by atoms with Crippen LogP contribution in [-0.2, 0) is 4.74 Å². The SMILES string of the molecule is CC(C)/C(=C\N1CCOCC1)CCC#N. The third-order valence-corrected chi connectivity index (χ3v) is 2.66. The van der Waals surface area contributed by atoms with Crippen LogP contribution >= 0.6 is 0 Å². The maximum atomic E-state index is 8.59. The van der Waals surface area contributed by atoms with Crippen LogP contribution in [0.4, 0.5) is 0 Å². The zero-order valence-corrected chi connectivity index (χ0v) is 9.70. The average molecular weight is 208 g/mol. The van der Waals surface area contributed by atoms with Crippen molar-refractivity contribution < 1.29 is 4.74 Å². The number of morpholine rings is 1. The molecule has 84 valence electrons. The van der Waals surface area contributed by atoms with Crippen molar-refractivity contribution in [3.63, 3.8) is 0 Å². The van der Waals surface area contributed by atoms with Gasteiger partial charge >= 0.3 is 0 Å². The Bertz CT molecular complexity index is 247. The Morgan fingerprint density at radius 3 is 2.67 bits per heavy atom. The molecule has 0 saturated carbocycles. The summed E-state index contributed by atoms with van der Waals surface area (Å²) in [6.45, 7) is 7.96. The van der Waals surface area contributed by atoms with Gasteiger partial charge in [0, 0.05) is 19.5 Å². The van der Waals surface area contributed by atoms with Crippen molar-refractivity contribution in [1.29, 1.82) is 5.26 Å². The van der Waals surface area contributed by atoms with Crippen LogP contribution in [0.3, 0.4) is 0 Å². The number of nitrogens with zero attached hydrogens (tertiary/aromatic N) is 2. The lowest BCUT2D eigenvalue weighted by Crippen LogP contribution is -2.32. The van der Waals surface area contributed by atoms with E-state index in [1.807, 2.05) is 0 Å². The van der Waals surface area contributed by atoms with Gasteiger partial charge in [-0.2, -0.15) is 5.26 Å². The van der Waals surface area contributed by atoms with E-state index < -0.39 is 0 Å². The van der Waals surface area contributed by atoms with Gasteiger partial charge < -0.3 is 9.64 Å². The molecule has 1 fully saturated rings. The van der Waals surface area contributed by atoms with Crippen molar-refractivity contribution in [2.45, 2.75) is 26.7 Å². The Morgan fingerprint density at radius 2 is 2.13 bits per heavy atom. The fraction of sp³-hybridized carbons (Fsp3) is 0.750. The molecule has 0 bridgehead atoms. The van der Waals surface area contributed by atoms with E-state index in [9.17, 15) is 0 Å². The first-order valence-corrected chi connectivity index (χ1v) is 5.63. The second kappa shape index (κ2) is 6.47. The monoisotopic (exact) mass is 208 g/mol. The summed E-state index contributed by atoms with van der Waals surface area (Å²) in [4.78, 5) is 2.30. The average Bonchev–Trinajstić information content (AvgIpc) is 2.25. The number of rotatable bonds is 4. The molecule has 1 aliphatic heterocycles. The molecule has 3 heteroatoms. The van der Waals surface area contributed by atoms with E-state index in [2.05, 4.69) is 31.0 Å². The maximum Gasteiger partial charge on any atom is 0.0642 e. The zero-order chi connectivity index (χ0) is 11.1. The van der Waals surface area contributed by atoms with Gasteiger partial charge in [-0.15, -0.1) is 0 Å². The molecule has 0 aromatic heterocycles. The summed E-state index contributed by atoms with van der Waals surface area (Å²) >= 11 is 0. The minimum absolute atomic E-state index is 0.529. The van der Waals surface area contributed by atoms with Crippen LogP contribution in [0.2, 0.25) is 0 Å². The van der Waals surface area contributed by atoms with E-state index in [-0.39, 0.29) is 0 Å². The first-order valence-electron chi connectivity index (χ1n) is 5.63. The Balaban J connectivity index is 2.52. The molecule has 1 rings (SSSR count). The molecule has 3 nitrogen and oxygen atoms in total. The number of nitriles is 1. The van der Waals surface area contributed by atoms with Crippen LogP contribution in [0, 0.1) is 17.2 Å². The Kier molecular flexibility index (Phi) is 5.20. The Labute approximate surface area is 92.3 Å². The van der Waals surface area contributed by atoms with Crippen LogP contribution in [0.25, 0.3) is 0 Å². The molecule has 0 unspecified atom stereocenters. The second-order valence-corrected chi connectivity index (χ2v) is 4.17.